The fraction of sp³-hybridized carbons (Fsp3) is 0.632. The van der Waals surface area contributed by atoms with Crippen molar-refractivity contribution < 1.29 is 0 Å². The lowest BCUT2D eigenvalue weighted by Gasteiger charge is -2.15. The van der Waals surface area contributed by atoms with Crippen LogP contribution in [0.1, 0.15) is 61.8 Å². The number of hydrogen-bond acceptors (Lipinski definition) is 1. The molecule has 0 heterocycles. The maximum atomic E-state index is 4.77. The number of hydrogen-bond donors (Lipinski definition) is 0. The van der Waals surface area contributed by atoms with Crippen molar-refractivity contribution in [2.45, 2.75) is 61.8 Å². The number of rotatable bonds is 7. The molecule has 0 radical (unpaired) electrons. The van der Waals surface area contributed by atoms with Gasteiger partial charge in [0, 0.05) is 11.4 Å². The van der Waals surface area contributed by atoms with Crippen molar-refractivity contribution >= 4 is 5.71 Å². The summed E-state index contributed by atoms with van der Waals surface area (Å²) in [5.74, 6) is 1.49. The van der Waals surface area contributed by atoms with Crippen LogP contribution in [-0.2, 0) is 0 Å². The Morgan fingerprint density at radius 3 is 1.95 bits per heavy atom. The average Bonchev–Trinajstić information content (AvgIpc) is 2.33. The van der Waals surface area contributed by atoms with Gasteiger partial charge in [-0.05, 0) is 43.6 Å². The third-order valence-electron chi connectivity index (χ3n) is 3.30. The minimum absolute atomic E-state index is 0.397. The molecule has 1 nitrogen and oxygen atoms in total. The van der Waals surface area contributed by atoms with Crippen LogP contribution < -0.4 is 0 Å². The molecule has 0 spiro atoms. The van der Waals surface area contributed by atoms with Crippen LogP contribution in [-0.4, -0.2) is 5.71 Å². The molecule has 0 aromatic heterocycles. The van der Waals surface area contributed by atoms with Crippen molar-refractivity contribution in [3.8, 4) is 0 Å². The van der Waals surface area contributed by atoms with Gasteiger partial charge in [0.05, 0.1) is 0 Å². The van der Waals surface area contributed by atoms with Gasteiger partial charge in [0.25, 0.3) is 0 Å². The Kier molecular flexibility index (Phi) is 8.45. The van der Waals surface area contributed by atoms with Crippen LogP contribution in [0.5, 0.6) is 0 Å². The summed E-state index contributed by atoms with van der Waals surface area (Å²) >= 11 is 0. The molecule has 0 aromatic carbocycles. The summed E-state index contributed by atoms with van der Waals surface area (Å²) in [5.41, 5.74) is 4.77. The normalized spacial score (nSPS) is 14.7. The molecule has 0 unspecified atom stereocenters. The second kappa shape index (κ2) is 8.94. The molecule has 0 aliphatic carbocycles. The molecular weight excluding hydrogens is 242 g/mol. The molecule has 0 N–H and O–H groups in total. The van der Waals surface area contributed by atoms with Gasteiger partial charge in [0.1, 0.15) is 0 Å². The lowest BCUT2D eigenvalue weighted by Crippen LogP contribution is -2.11. The second-order valence-corrected chi connectivity index (χ2v) is 6.59. The summed E-state index contributed by atoms with van der Waals surface area (Å²) in [6.07, 6.45) is 5.61. The van der Waals surface area contributed by atoms with Crippen molar-refractivity contribution in [2.24, 2.45) is 22.7 Å². The molecule has 114 valence electrons. The quantitative estimate of drug-likeness (QED) is 0.388. The highest BCUT2D eigenvalue weighted by Crippen LogP contribution is 2.19. The molecule has 0 saturated heterocycles. The minimum atomic E-state index is 0.397. The van der Waals surface area contributed by atoms with Crippen LogP contribution in [0, 0.1) is 17.8 Å². The van der Waals surface area contributed by atoms with Gasteiger partial charge in [0.2, 0.25) is 0 Å². The zero-order chi connectivity index (χ0) is 15.9. The summed E-state index contributed by atoms with van der Waals surface area (Å²) in [6, 6.07) is 0. The Hall–Kier alpha value is -1.11. The third-order valence-corrected chi connectivity index (χ3v) is 3.30. The standard InChI is InChI=1S/C19H33N/c1-10-18(11-13(2)3)12-16(8)19(15(6)7)20-17(9)14(4)5/h10,12-15H,9,11H2,1-8H3/b16-12+,18-10-,20-19?. The van der Waals surface area contributed by atoms with E-state index in [0.29, 0.717) is 17.8 Å². The van der Waals surface area contributed by atoms with E-state index in [1.807, 2.05) is 0 Å². The first-order chi connectivity index (χ1) is 9.18. The Bertz CT molecular complexity index is 403. The highest BCUT2D eigenvalue weighted by Gasteiger charge is 2.10. The second-order valence-electron chi connectivity index (χ2n) is 6.59. The van der Waals surface area contributed by atoms with Gasteiger partial charge in [-0.15, -0.1) is 0 Å². The predicted molar refractivity (Wildman–Crippen MR) is 93.2 cm³/mol. The van der Waals surface area contributed by atoms with Crippen LogP contribution in [0.15, 0.2) is 40.6 Å². The zero-order valence-corrected chi connectivity index (χ0v) is 14.7. The Morgan fingerprint density at radius 2 is 1.60 bits per heavy atom. The topological polar surface area (TPSA) is 12.4 Å². The van der Waals surface area contributed by atoms with E-state index in [2.05, 4.69) is 74.1 Å². The van der Waals surface area contributed by atoms with Crippen molar-refractivity contribution in [1.82, 2.24) is 0 Å². The van der Waals surface area contributed by atoms with Gasteiger partial charge in [-0.1, -0.05) is 65.8 Å². The zero-order valence-electron chi connectivity index (χ0n) is 14.7. The minimum Gasteiger partial charge on any atom is -0.258 e. The first-order valence-corrected chi connectivity index (χ1v) is 7.80. The smallest absolute Gasteiger partial charge is 0.0461 e. The van der Waals surface area contributed by atoms with E-state index in [1.165, 1.54) is 11.1 Å². The molecule has 0 bridgehead atoms. The van der Waals surface area contributed by atoms with Crippen molar-refractivity contribution in [3.63, 3.8) is 0 Å². The molecule has 0 atom stereocenters. The first kappa shape index (κ1) is 18.9. The van der Waals surface area contributed by atoms with Gasteiger partial charge >= 0.3 is 0 Å². The molecule has 0 aromatic rings. The van der Waals surface area contributed by atoms with Crippen molar-refractivity contribution in [2.75, 3.05) is 0 Å². The summed E-state index contributed by atoms with van der Waals surface area (Å²) in [7, 11) is 0. The predicted octanol–water partition coefficient (Wildman–Crippen LogP) is 6.19. The molecule has 0 aliphatic rings. The molecule has 0 saturated carbocycles. The van der Waals surface area contributed by atoms with Crippen LogP contribution >= 0.6 is 0 Å². The SMILES string of the molecule is C=C(N=C(/C(C)=C/C(=C\C)CC(C)C)C(C)C)C(C)C. The Morgan fingerprint density at radius 1 is 1.05 bits per heavy atom. The number of nitrogens with zero attached hydrogens (tertiary/aromatic N) is 1. The van der Waals surface area contributed by atoms with Crippen LogP contribution in [0.2, 0.25) is 0 Å². The number of allylic oxidation sites excluding steroid dienone is 5. The largest absolute Gasteiger partial charge is 0.258 e. The Balaban J connectivity index is 5.35. The first-order valence-electron chi connectivity index (χ1n) is 7.80. The van der Waals surface area contributed by atoms with Gasteiger partial charge in [-0.3, -0.25) is 4.99 Å². The maximum absolute atomic E-state index is 4.77. The van der Waals surface area contributed by atoms with E-state index < -0.39 is 0 Å². The summed E-state index contributed by atoms with van der Waals surface area (Å²) in [5, 5.41) is 0. The molecule has 1 heteroatoms. The average molecular weight is 275 g/mol. The van der Waals surface area contributed by atoms with E-state index in [-0.39, 0.29) is 0 Å². The van der Waals surface area contributed by atoms with E-state index in [0.717, 1.165) is 17.8 Å². The summed E-state index contributed by atoms with van der Waals surface area (Å²) in [4.78, 5) is 4.77. The van der Waals surface area contributed by atoms with Crippen LogP contribution in [0.25, 0.3) is 0 Å². The fourth-order valence-corrected chi connectivity index (χ4v) is 2.04. The van der Waals surface area contributed by atoms with Crippen molar-refractivity contribution in [1.29, 1.82) is 0 Å². The molecule has 0 fully saturated rings. The lowest BCUT2D eigenvalue weighted by molar-refractivity contribution is 0.649. The van der Waals surface area contributed by atoms with E-state index in [1.54, 1.807) is 0 Å². The van der Waals surface area contributed by atoms with E-state index in [4.69, 9.17) is 4.99 Å². The molecule has 20 heavy (non-hydrogen) atoms. The van der Waals surface area contributed by atoms with Crippen LogP contribution in [0.3, 0.4) is 0 Å². The van der Waals surface area contributed by atoms with E-state index >= 15 is 0 Å². The van der Waals surface area contributed by atoms with Crippen molar-refractivity contribution in [3.05, 3.63) is 35.6 Å². The molecule has 0 amide bonds. The summed E-state index contributed by atoms with van der Waals surface area (Å²) in [6.45, 7) is 21.5. The Labute approximate surface area is 126 Å². The lowest BCUT2D eigenvalue weighted by atomic mass is 9.95. The third kappa shape index (κ3) is 6.88. The molecule has 0 rings (SSSR count). The van der Waals surface area contributed by atoms with Gasteiger partial charge in [-0.25, -0.2) is 0 Å². The summed E-state index contributed by atoms with van der Waals surface area (Å²) < 4.78 is 0. The monoisotopic (exact) mass is 275 g/mol. The van der Waals surface area contributed by atoms with Gasteiger partial charge in [0.15, 0.2) is 0 Å². The van der Waals surface area contributed by atoms with Gasteiger partial charge in [-0.2, -0.15) is 0 Å². The van der Waals surface area contributed by atoms with Crippen LogP contribution in [0.4, 0.5) is 0 Å². The number of aliphatic imine (C=N–C) groups is 1. The fourth-order valence-electron chi connectivity index (χ4n) is 2.04. The highest BCUT2D eigenvalue weighted by molar-refractivity contribution is 6.01. The van der Waals surface area contributed by atoms with E-state index in [9.17, 15) is 0 Å². The van der Waals surface area contributed by atoms with Gasteiger partial charge < -0.3 is 0 Å². The molecule has 0 aliphatic heterocycles. The maximum Gasteiger partial charge on any atom is 0.0461 e. The highest BCUT2D eigenvalue weighted by atomic mass is 14.8. The molecular formula is C19H33N.